The molecular formula is C8H14N4. The number of hydrogen-bond donors (Lipinski definition) is 2. The average molecular weight is 166 g/mol. The smallest absolute Gasteiger partial charge is 0.138 e. The van der Waals surface area contributed by atoms with Crippen molar-refractivity contribution in [2.45, 2.75) is 26.3 Å². The lowest BCUT2D eigenvalue weighted by molar-refractivity contribution is 0.583. The molecule has 0 bridgehead atoms. The molecule has 4 nitrogen and oxygen atoms in total. The number of nitriles is 1. The Kier molecular flexibility index (Phi) is 3.30. The van der Waals surface area contributed by atoms with Crippen LogP contribution in [0.15, 0.2) is 16.8 Å². The summed E-state index contributed by atoms with van der Waals surface area (Å²) in [4.78, 5) is 4.07. The third kappa shape index (κ3) is 3.62. The minimum atomic E-state index is -0.283. The van der Waals surface area contributed by atoms with Crippen LogP contribution in [0.25, 0.3) is 0 Å². The maximum absolute atomic E-state index is 8.53. The molecule has 0 saturated carbocycles. The molecule has 0 aliphatic rings. The van der Waals surface area contributed by atoms with Crippen LogP contribution in [0.1, 0.15) is 20.8 Å². The van der Waals surface area contributed by atoms with E-state index in [1.807, 2.05) is 26.8 Å². The Morgan fingerprint density at radius 2 is 2.00 bits per heavy atom. The minimum absolute atomic E-state index is 0.188. The molecule has 0 saturated heterocycles. The highest BCUT2D eigenvalue weighted by molar-refractivity contribution is 6.00. The summed E-state index contributed by atoms with van der Waals surface area (Å²) >= 11 is 0. The second-order valence-corrected chi connectivity index (χ2v) is 3.36. The van der Waals surface area contributed by atoms with Crippen molar-refractivity contribution in [2.24, 2.45) is 16.5 Å². The lowest BCUT2D eigenvalue weighted by Crippen LogP contribution is -2.22. The fraction of sp³-hybridized carbons (Fsp3) is 0.500. The van der Waals surface area contributed by atoms with Crippen molar-refractivity contribution in [1.82, 2.24) is 0 Å². The van der Waals surface area contributed by atoms with E-state index in [0.29, 0.717) is 0 Å². The molecule has 0 unspecified atom stereocenters. The van der Waals surface area contributed by atoms with Gasteiger partial charge in [0, 0.05) is 6.20 Å². The van der Waals surface area contributed by atoms with E-state index < -0.39 is 0 Å². The highest BCUT2D eigenvalue weighted by atomic mass is 14.9. The fourth-order valence-corrected chi connectivity index (χ4v) is 0.602. The Bertz CT molecular complexity index is 249. The summed E-state index contributed by atoms with van der Waals surface area (Å²) < 4.78 is 0. The van der Waals surface area contributed by atoms with Crippen LogP contribution < -0.4 is 11.5 Å². The first-order chi connectivity index (χ1) is 5.40. The van der Waals surface area contributed by atoms with Gasteiger partial charge in [-0.15, -0.1) is 0 Å². The monoisotopic (exact) mass is 166 g/mol. The molecule has 0 spiro atoms. The Hall–Kier alpha value is -1.50. The molecule has 0 fully saturated rings. The number of aliphatic imine (C=N–C) groups is 1. The predicted molar refractivity (Wildman–Crippen MR) is 49.3 cm³/mol. The topological polar surface area (TPSA) is 88.2 Å². The van der Waals surface area contributed by atoms with Crippen molar-refractivity contribution in [1.29, 1.82) is 5.26 Å². The molecule has 0 atom stereocenters. The summed E-state index contributed by atoms with van der Waals surface area (Å²) in [7, 11) is 0. The van der Waals surface area contributed by atoms with Crippen molar-refractivity contribution in [3.63, 3.8) is 0 Å². The summed E-state index contributed by atoms with van der Waals surface area (Å²) in [5.41, 5.74) is 10.6. The maximum Gasteiger partial charge on any atom is 0.138 e. The van der Waals surface area contributed by atoms with Crippen LogP contribution in [0.2, 0.25) is 0 Å². The molecule has 0 radical (unpaired) electrons. The lowest BCUT2D eigenvalue weighted by atomic mass is 10.1. The standard InChI is InChI=1S/C8H14N4/c1-8(2,3)12-7(11)6(4-9)5-10/h4H,9H2,1-3H3,(H2,11,12). The molecule has 0 amide bonds. The molecular weight excluding hydrogens is 152 g/mol. The van der Waals surface area contributed by atoms with Crippen LogP contribution in [0.5, 0.6) is 0 Å². The molecule has 0 aliphatic heterocycles. The largest absolute Gasteiger partial charge is 0.403 e. The van der Waals surface area contributed by atoms with E-state index in [9.17, 15) is 0 Å². The normalized spacial score (nSPS) is 14.2. The van der Waals surface area contributed by atoms with Crippen LogP contribution in [0.3, 0.4) is 0 Å². The van der Waals surface area contributed by atoms with Gasteiger partial charge >= 0.3 is 0 Å². The zero-order chi connectivity index (χ0) is 9.78. The lowest BCUT2D eigenvalue weighted by Gasteiger charge is -2.12. The van der Waals surface area contributed by atoms with E-state index in [2.05, 4.69) is 4.99 Å². The maximum atomic E-state index is 8.53. The van der Waals surface area contributed by atoms with Crippen molar-refractivity contribution >= 4 is 5.84 Å². The van der Waals surface area contributed by atoms with Gasteiger partial charge in [0.05, 0.1) is 5.54 Å². The molecule has 66 valence electrons. The summed E-state index contributed by atoms with van der Waals surface area (Å²) in [6, 6.07) is 1.85. The van der Waals surface area contributed by atoms with Crippen LogP contribution in [-0.2, 0) is 0 Å². The van der Waals surface area contributed by atoms with Crippen molar-refractivity contribution in [3.8, 4) is 6.07 Å². The molecule has 0 aromatic rings. The van der Waals surface area contributed by atoms with Crippen LogP contribution >= 0.6 is 0 Å². The molecule has 0 aromatic heterocycles. The first-order valence-electron chi connectivity index (χ1n) is 3.58. The second-order valence-electron chi connectivity index (χ2n) is 3.36. The number of nitrogens with two attached hydrogens (primary N) is 2. The van der Waals surface area contributed by atoms with E-state index in [1.54, 1.807) is 0 Å². The Morgan fingerprint density at radius 1 is 1.50 bits per heavy atom. The van der Waals surface area contributed by atoms with Crippen molar-refractivity contribution < 1.29 is 0 Å². The summed E-state index contributed by atoms with van der Waals surface area (Å²) in [5.74, 6) is 0.188. The van der Waals surface area contributed by atoms with E-state index in [-0.39, 0.29) is 16.9 Å². The van der Waals surface area contributed by atoms with E-state index in [0.717, 1.165) is 6.20 Å². The Balaban J connectivity index is 4.73. The van der Waals surface area contributed by atoms with Gasteiger partial charge in [0.1, 0.15) is 17.5 Å². The van der Waals surface area contributed by atoms with E-state index in [4.69, 9.17) is 16.7 Å². The van der Waals surface area contributed by atoms with Gasteiger partial charge in [0.15, 0.2) is 0 Å². The zero-order valence-corrected chi connectivity index (χ0v) is 7.63. The van der Waals surface area contributed by atoms with Gasteiger partial charge in [-0.25, -0.2) is 0 Å². The fourth-order valence-electron chi connectivity index (χ4n) is 0.602. The first kappa shape index (κ1) is 10.5. The van der Waals surface area contributed by atoms with Crippen LogP contribution in [0.4, 0.5) is 0 Å². The predicted octanol–water partition coefficient (Wildman–Crippen LogP) is 0.508. The van der Waals surface area contributed by atoms with Gasteiger partial charge in [-0.1, -0.05) is 0 Å². The van der Waals surface area contributed by atoms with Gasteiger partial charge in [-0.2, -0.15) is 5.26 Å². The summed E-state index contributed by atoms with van der Waals surface area (Å²) in [6.07, 6.45) is 1.16. The Labute approximate surface area is 72.6 Å². The number of nitrogens with zero attached hydrogens (tertiary/aromatic N) is 2. The highest BCUT2D eigenvalue weighted by Gasteiger charge is 2.09. The Morgan fingerprint density at radius 3 is 2.25 bits per heavy atom. The SMILES string of the molecule is CC(C)(C)N=C(N)C(C#N)=CN. The zero-order valence-electron chi connectivity index (χ0n) is 7.63. The molecule has 0 heterocycles. The number of hydrogen-bond acceptors (Lipinski definition) is 3. The molecule has 0 aliphatic carbocycles. The van der Waals surface area contributed by atoms with Gasteiger partial charge in [0.2, 0.25) is 0 Å². The van der Waals surface area contributed by atoms with E-state index >= 15 is 0 Å². The number of amidine groups is 1. The van der Waals surface area contributed by atoms with Gasteiger partial charge < -0.3 is 11.5 Å². The highest BCUT2D eigenvalue weighted by Crippen LogP contribution is 2.07. The molecule has 4 heteroatoms. The molecule has 0 rings (SSSR count). The van der Waals surface area contributed by atoms with Crippen LogP contribution in [0, 0.1) is 11.3 Å². The quantitative estimate of drug-likeness (QED) is 0.338. The molecule has 12 heavy (non-hydrogen) atoms. The second kappa shape index (κ2) is 3.77. The van der Waals surface area contributed by atoms with Gasteiger partial charge in [-0.3, -0.25) is 4.99 Å². The van der Waals surface area contributed by atoms with Crippen molar-refractivity contribution in [3.05, 3.63) is 11.8 Å². The minimum Gasteiger partial charge on any atom is -0.403 e. The summed E-state index contributed by atoms with van der Waals surface area (Å²) in [6.45, 7) is 5.68. The van der Waals surface area contributed by atoms with Crippen molar-refractivity contribution in [2.75, 3.05) is 0 Å². The van der Waals surface area contributed by atoms with Gasteiger partial charge in [-0.05, 0) is 20.8 Å². The van der Waals surface area contributed by atoms with Crippen LogP contribution in [-0.4, -0.2) is 11.4 Å². The first-order valence-corrected chi connectivity index (χ1v) is 3.58. The summed E-state index contributed by atoms with van der Waals surface area (Å²) in [5, 5.41) is 8.53. The average Bonchev–Trinajstić information content (AvgIpc) is 1.85. The van der Waals surface area contributed by atoms with E-state index in [1.165, 1.54) is 0 Å². The third-order valence-corrected chi connectivity index (χ3v) is 1.02. The molecule has 4 N–H and O–H groups in total. The van der Waals surface area contributed by atoms with Gasteiger partial charge in [0.25, 0.3) is 0 Å². The number of rotatable bonds is 1. The molecule has 0 aromatic carbocycles. The third-order valence-electron chi connectivity index (χ3n) is 1.02.